The highest BCUT2D eigenvalue weighted by atomic mass is 16.6. The number of piperazine rings is 1. The first kappa shape index (κ1) is 17.8. The van der Waals surface area contributed by atoms with E-state index in [1.807, 2.05) is 0 Å². The van der Waals surface area contributed by atoms with Crippen LogP contribution in [0.15, 0.2) is 5.18 Å². The summed E-state index contributed by atoms with van der Waals surface area (Å²) in [5.41, 5.74) is 6.58. The lowest BCUT2D eigenvalue weighted by atomic mass is 9.88. The number of benzene rings is 1. The first-order valence-electron chi connectivity index (χ1n) is 8.59. The molecule has 2 fully saturated rings. The Labute approximate surface area is 155 Å². The van der Waals surface area contributed by atoms with Gasteiger partial charge < -0.3 is 34.9 Å². The number of hydrogen-bond acceptors (Lipinski definition) is 9. The first-order valence-corrected chi connectivity index (χ1v) is 8.59. The van der Waals surface area contributed by atoms with E-state index in [0.29, 0.717) is 29.2 Å². The molecule has 0 bridgehead atoms. The third kappa shape index (κ3) is 2.10. The van der Waals surface area contributed by atoms with E-state index >= 15 is 0 Å². The fraction of sp³-hybridized carbons (Fsp3) is 0.588. The van der Waals surface area contributed by atoms with Crippen molar-refractivity contribution in [1.82, 2.24) is 5.32 Å². The molecule has 0 spiro atoms. The molecule has 1 aromatic rings. The number of nitrogens with one attached hydrogen (secondary N) is 1. The minimum absolute atomic E-state index is 0.0293. The lowest BCUT2D eigenvalue weighted by Gasteiger charge is -2.38. The topological polar surface area (TPSA) is 135 Å². The maximum atomic E-state index is 11.6. The van der Waals surface area contributed by atoms with Gasteiger partial charge in [-0.25, -0.2) is 4.79 Å². The minimum atomic E-state index is -0.883. The Bertz CT molecular complexity index is 830. The summed E-state index contributed by atoms with van der Waals surface area (Å²) >= 11 is 0. The van der Waals surface area contributed by atoms with E-state index in [1.54, 1.807) is 21.1 Å². The van der Waals surface area contributed by atoms with Crippen LogP contribution in [-0.2, 0) is 9.47 Å². The summed E-state index contributed by atoms with van der Waals surface area (Å²) in [5.74, 6) is 0.420. The number of primary amides is 1. The van der Waals surface area contributed by atoms with Crippen molar-refractivity contribution in [2.24, 2.45) is 10.9 Å². The number of nitrogens with two attached hydrogens (primary N) is 1. The van der Waals surface area contributed by atoms with Crippen LogP contribution >= 0.6 is 0 Å². The molecule has 10 nitrogen and oxygen atoms in total. The molecule has 0 saturated carbocycles. The van der Waals surface area contributed by atoms with Crippen LogP contribution in [0.1, 0.15) is 17.0 Å². The lowest BCUT2D eigenvalue weighted by molar-refractivity contribution is -0.0337. The van der Waals surface area contributed by atoms with E-state index in [4.69, 9.17) is 24.7 Å². The number of nitrogens with zero attached hydrogens (tertiary/aromatic N) is 2. The number of amides is 1. The second-order valence-corrected chi connectivity index (χ2v) is 6.89. The highest BCUT2D eigenvalue weighted by Crippen LogP contribution is 2.64. The van der Waals surface area contributed by atoms with E-state index in [1.165, 1.54) is 7.11 Å². The highest BCUT2D eigenvalue weighted by molar-refractivity contribution is 5.85. The van der Waals surface area contributed by atoms with Gasteiger partial charge in [-0.2, -0.15) is 0 Å². The molecule has 1 aromatic carbocycles. The summed E-state index contributed by atoms with van der Waals surface area (Å²) in [4.78, 5) is 25.0. The number of carbonyl (C=O) groups excluding carboxylic acids is 1. The van der Waals surface area contributed by atoms with Crippen molar-refractivity contribution in [2.45, 2.75) is 30.7 Å². The Kier molecular flexibility index (Phi) is 3.93. The minimum Gasteiger partial charge on any atom is -0.494 e. The van der Waals surface area contributed by atoms with Crippen molar-refractivity contribution in [3.8, 4) is 11.5 Å². The fourth-order valence-corrected chi connectivity index (χ4v) is 4.84. The average molecular weight is 378 g/mol. The van der Waals surface area contributed by atoms with Gasteiger partial charge in [0.2, 0.25) is 0 Å². The van der Waals surface area contributed by atoms with Crippen molar-refractivity contribution < 1.29 is 23.7 Å². The number of ether oxygens (including phenoxy) is 4. The molecule has 0 unspecified atom stereocenters. The summed E-state index contributed by atoms with van der Waals surface area (Å²) in [6.07, 6.45) is -0.883. The molecular formula is C17H22N4O6. The van der Waals surface area contributed by atoms with Crippen LogP contribution in [0, 0.1) is 11.8 Å². The normalized spacial score (nSPS) is 29.6. The smallest absolute Gasteiger partial charge is 0.404 e. The Morgan fingerprint density at radius 1 is 1.33 bits per heavy atom. The van der Waals surface area contributed by atoms with Crippen LogP contribution in [-0.4, -0.2) is 58.4 Å². The predicted molar refractivity (Wildman–Crippen MR) is 95.8 cm³/mol. The fourth-order valence-electron chi connectivity index (χ4n) is 4.84. The summed E-state index contributed by atoms with van der Waals surface area (Å²) in [7, 11) is 4.63. The Morgan fingerprint density at radius 3 is 2.59 bits per heavy atom. The Morgan fingerprint density at radius 2 is 2.04 bits per heavy atom. The van der Waals surface area contributed by atoms with Gasteiger partial charge in [0.25, 0.3) is 0 Å². The van der Waals surface area contributed by atoms with Crippen LogP contribution in [0.4, 0.5) is 16.2 Å². The zero-order valence-corrected chi connectivity index (χ0v) is 15.6. The van der Waals surface area contributed by atoms with E-state index < -0.39 is 17.7 Å². The Hall–Kier alpha value is -2.59. The molecule has 4 rings (SSSR count). The van der Waals surface area contributed by atoms with Crippen molar-refractivity contribution >= 4 is 17.5 Å². The van der Waals surface area contributed by atoms with Gasteiger partial charge in [-0.05, 0) is 12.1 Å². The third-order valence-corrected chi connectivity index (χ3v) is 5.90. The molecule has 0 radical (unpaired) electrons. The standard InChI is InChI=1S/C17H22N4O6/c1-7-11(20-23)14(25-3)10-8(6-27-16(18)22)17(26-4)15-9(19-15)5-21(17)12(10)13(7)24-2/h8-9,15,19H,5-6H2,1-4H3,(H2,18,22)/t8-,9+,15+,17-/m1/s1. The van der Waals surface area contributed by atoms with Crippen LogP contribution in [0.25, 0.3) is 0 Å². The molecule has 4 atom stereocenters. The van der Waals surface area contributed by atoms with Gasteiger partial charge in [0.1, 0.15) is 12.4 Å². The molecular weight excluding hydrogens is 356 g/mol. The predicted octanol–water partition coefficient (Wildman–Crippen LogP) is 1.11. The van der Waals surface area contributed by atoms with Gasteiger partial charge in [0.05, 0.1) is 31.9 Å². The first-order chi connectivity index (χ1) is 13.0. The molecule has 3 aliphatic rings. The zero-order chi connectivity index (χ0) is 19.5. The van der Waals surface area contributed by atoms with E-state index in [9.17, 15) is 9.70 Å². The second-order valence-electron chi connectivity index (χ2n) is 6.89. The SMILES string of the molecule is COc1c(N=O)c(C)c(OC)c2c1[C@@H](COC(N)=O)[C@@]1(OC)[C@H]3N[C@H]3CN21. The van der Waals surface area contributed by atoms with Crippen molar-refractivity contribution in [1.29, 1.82) is 0 Å². The molecule has 0 aliphatic carbocycles. The largest absolute Gasteiger partial charge is 0.494 e. The zero-order valence-electron chi connectivity index (χ0n) is 15.6. The quantitative estimate of drug-likeness (QED) is 0.555. The van der Waals surface area contributed by atoms with E-state index in [-0.39, 0.29) is 24.4 Å². The number of carbonyl (C=O) groups is 1. The molecule has 3 N–H and O–H groups in total. The third-order valence-electron chi connectivity index (χ3n) is 5.90. The number of hydrogen-bond donors (Lipinski definition) is 2. The summed E-state index contributed by atoms with van der Waals surface area (Å²) < 4.78 is 22.4. The average Bonchev–Trinajstić information content (AvgIpc) is 3.27. The van der Waals surface area contributed by atoms with Gasteiger partial charge in [-0.15, -0.1) is 4.91 Å². The van der Waals surface area contributed by atoms with Crippen molar-refractivity contribution in [3.05, 3.63) is 16.0 Å². The summed E-state index contributed by atoms with van der Waals surface area (Å²) in [6.45, 7) is 2.42. The van der Waals surface area contributed by atoms with Gasteiger partial charge >= 0.3 is 6.09 Å². The van der Waals surface area contributed by atoms with Gasteiger partial charge in [0.15, 0.2) is 17.2 Å². The highest BCUT2D eigenvalue weighted by Gasteiger charge is 2.71. The summed E-state index contributed by atoms with van der Waals surface area (Å²) in [6, 6.07) is 0.299. The summed E-state index contributed by atoms with van der Waals surface area (Å²) in [5, 5.41) is 6.56. The monoisotopic (exact) mass is 378 g/mol. The van der Waals surface area contributed by atoms with E-state index in [0.717, 1.165) is 5.69 Å². The number of nitroso groups, excluding NO2 is 1. The number of anilines is 1. The van der Waals surface area contributed by atoms with Crippen molar-refractivity contribution in [2.75, 3.05) is 39.4 Å². The van der Waals surface area contributed by atoms with Crippen LogP contribution < -0.4 is 25.4 Å². The molecule has 10 heteroatoms. The van der Waals surface area contributed by atoms with Crippen molar-refractivity contribution in [3.63, 3.8) is 0 Å². The molecule has 1 amide bonds. The van der Waals surface area contributed by atoms with Gasteiger partial charge in [-0.3, -0.25) is 0 Å². The van der Waals surface area contributed by atoms with Crippen LogP contribution in [0.5, 0.6) is 11.5 Å². The van der Waals surface area contributed by atoms with Gasteiger partial charge in [-0.1, -0.05) is 0 Å². The number of rotatable bonds is 6. The molecule has 3 aliphatic heterocycles. The Balaban J connectivity index is 2.00. The van der Waals surface area contributed by atoms with Crippen LogP contribution in [0.3, 0.4) is 0 Å². The molecule has 0 aromatic heterocycles. The maximum Gasteiger partial charge on any atom is 0.404 e. The molecule has 146 valence electrons. The molecule has 2 saturated heterocycles. The molecule has 3 heterocycles. The molecule has 27 heavy (non-hydrogen) atoms. The lowest BCUT2D eigenvalue weighted by Crippen LogP contribution is -2.54. The second kappa shape index (κ2) is 5.96. The number of fused-ring (bicyclic) bond motifs is 5. The van der Waals surface area contributed by atoms with Gasteiger partial charge in [0, 0.05) is 30.8 Å². The maximum absolute atomic E-state index is 11.6. The van der Waals surface area contributed by atoms with Crippen LogP contribution in [0.2, 0.25) is 0 Å². The number of methoxy groups -OCH3 is 3. The van der Waals surface area contributed by atoms with E-state index in [2.05, 4.69) is 15.4 Å².